The normalized spacial score (nSPS) is 20.1. The molecule has 0 bridgehead atoms. The van der Waals surface area contributed by atoms with E-state index < -0.39 is 10.0 Å². The van der Waals surface area contributed by atoms with E-state index in [0.29, 0.717) is 60.9 Å². The Morgan fingerprint density at radius 3 is 2.38 bits per heavy atom. The number of carbonyl (C=O) groups is 2. The maximum absolute atomic E-state index is 13.5. The first-order valence-corrected chi connectivity index (χ1v) is 14.6. The second kappa shape index (κ2) is 11.1. The minimum atomic E-state index is -3.87. The first-order valence-electron chi connectivity index (χ1n) is 13.1. The zero-order chi connectivity index (χ0) is 27.6. The number of nitrogens with zero attached hydrogens (tertiary/aromatic N) is 2. The fourth-order valence-corrected chi connectivity index (χ4v) is 6.89. The Labute approximate surface area is 228 Å². The van der Waals surface area contributed by atoms with Gasteiger partial charge in [-0.15, -0.1) is 0 Å². The molecule has 2 aliphatic rings. The smallest absolute Gasteiger partial charge is 0.255 e. The molecule has 0 aliphatic carbocycles. The van der Waals surface area contributed by atoms with Crippen LogP contribution >= 0.6 is 0 Å². The van der Waals surface area contributed by atoms with Crippen molar-refractivity contribution in [1.29, 1.82) is 5.26 Å². The largest absolute Gasteiger partial charge is 0.341 e. The molecule has 2 saturated heterocycles. The Morgan fingerprint density at radius 1 is 1.00 bits per heavy atom. The minimum Gasteiger partial charge on any atom is -0.341 e. The maximum Gasteiger partial charge on any atom is 0.255 e. The second-order valence-corrected chi connectivity index (χ2v) is 11.9. The molecule has 2 atom stereocenters. The van der Waals surface area contributed by atoms with E-state index >= 15 is 0 Å². The fourth-order valence-electron chi connectivity index (χ4n) is 5.38. The number of likely N-dealkylation sites (tertiary alicyclic amines) is 1. The molecule has 2 amide bonds. The van der Waals surface area contributed by atoms with Gasteiger partial charge in [0.05, 0.1) is 22.9 Å². The number of nitrogens with one attached hydrogen (secondary N) is 3. The summed E-state index contributed by atoms with van der Waals surface area (Å²) in [4.78, 5) is 27.6. The quantitative estimate of drug-likeness (QED) is 0.436. The summed E-state index contributed by atoms with van der Waals surface area (Å²) in [6.07, 6.45) is 1.51. The summed E-state index contributed by atoms with van der Waals surface area (Å²) in [5, 5.41) is 16.3. The zero-order valence-corrected chi connectivity index (χ0v) is 22.5. The Bertz CT molecular complexity index is 1560. The van der Waals surface area contributed by atoms with Crippen molar-refractivity contribution in [2.24, 2.45) is 5.92 Å². The molecular weight excluding hydrogens is 514 g/mol. The molecule has 2 heterocycles. The lowest BCUT2D eigenvalue weighted by atomic mass is 10.0. The summed E-state index contributed by atoms with van der Waals surface area (Å²) in [6.45, 7) is 3.29. The van der Waals surface area contributed by atoms with Crippen LogP contribution in [0.3, 0.4) is 0 Å². The maximum atomic E-state index is 13.5. The van der Waals surface area contributed by atoms with Gasteiger partial charge in [-0.1, -0.05) is 42.5 Å². The van der Waals surface area contributed by atoms with Gasteiger partial charge >= 0.3 is 0 Å². The molecule has 10 heteroatoms. The molecule has 5 rings (SSSR count). The van der Waals surface area contributed by atoms with Crippen LogP contribution in [0.5, 0.6) is 0 Å². The van der Waals surface area contributed by atoms with E-state index in [1.54, 1.807) is 47.4 Å². The molecule has 0 saturated carbocycles. The number of anilines is 1. The molecule has 202 valence electrons. The van der Waals surface area contributed by atoms with Gasteiger partial charge in [0.15, 0.2) is 0 Å². The van der Waals surface area contributed by atoms with E-state index in [9.17, 15) is 18.0 Å². The zero-order valence-electron chi connectivity index (χ0n) is 21.7. The van der Waals surface area contributed by atoms with E-state index in [1.165, 1.54) is 6.07 Å². The third-order valence-corrected chi connectivity index (χ3v) is 9.13. The monoisotopic (exact) mass is 545 g/mol. The van der Waals surface area contributed by atoms with E-state index in [4.69, 9.17) is 5.26 Å². The molecule has 0 unspecified atom stereocenters. The Kier molecular flexibility index (Phi) is 7.66. The average molecular weight is 546 g/mol. The average Bonchev–Trinajstić information content (AvgIpc) is 3.43. The number of rotatable bonds is 6. The van der Waals surface area contributed by atoms with Gasteiger partial charge in [0.25, 0.3) is 5.91 Å². The van der Waals surface area contributed by atoms with E-state index in [-0.39, 0.29) is 34.7 Å². The molecule has 3 N–H and O–H groups in total. The lowest BCUT2D eigenvalue weighted by Crippen LogP contribution is -2.50. The predicted octanol–water partition coefficient (Wildman–Crippen LogP) is 3.17. The number of hydrogen-bond acceptors (Lipinski definition) is 6. The van der Waals surface area contributed by atoms with Crippen molar-refractivity contribution in [3.63, 3.8) is 0 Å². The van der Waals surface area contributed by atoms with Crippen molar-refractivity contribution >= 4 is 38.3 Å². The van der Waals surface area contributed by atoms with Gasteiger partial charge in [0.1, 0.15) is 0 Å². The molecule has 3 aromatic carbocycles. The number of fused-ring (bicyclic) bond motifs is 1. The number of hydrogen-bond donors (Lipinski definition) is 3. The molecule has 39 heavy (non-hydrogen) atoms. The summed E-state index contributed by atoms with van der Waals surface area (Å²) in [5.41, 5.74) is 1.93. The summed E-state index contributed by atoms with van der Waals surface area (Å²) in [5.74, 6) is -0.437. The van der Waals surface area contributed by atoms with Crippen LogP contribution < -0.4 is 15.4 Å². The van der Waals surface area contributed by atoms with Gasteiger partial charge in [-0.05, 0) is 49.9 Å². The standard InChI is InChI=1S/C29H31N5O4S/c1-19-6-2-3-7-22(19)28(35)32-25-10-11-27(24-9-5-4-8-23(24)25)39(37,38)33-21-12-14-34(15-13-21)29(36)26-16-20(17-30)18-31-26/h2-11,20-21,26,31,33H,12-16,18H2,1H3,(H,32,35)/t20-,26-/m0/s1. The van der Waals surface area contributed by atoms with Crippen LogP contribution in [0.1, 0.15) is 35.2 Å². The molecular formula is C29H31N5O4S. The Hall–Kier alpha value is -3.78. The number of carbonyl (C=O) groups excluding carboxylic acids is 2. The number of benzene rings is 3. The summed E-state index contributed by atoms with van der Waals surface area (Å²) in [6, 6.07) is 19.1. The molecule has 3 aromatic rings. The van der Waals surface area contributed by atoms with E-state index in [1.807, 2.05) is 19.1 Å². The first-order chi connectivity index (χ1) is 18.8. The highest BCUT2D eigenvalue weighted by molar-refractivity contribution is 7.89. The topological polar surface area (TPSA) is 131 Å². The second-order valence-electron chi connectivity index (χ2n) is 10.2. The number of nitriles is 1. The van der Waals surface area contributed by atoms with Gasteiger partial charge in [-0.25, -0.2) is 13.1 Å². The lowest BCUT2D eigenvalue weighted by molar-refractivity contribution is -0.134. The molecule has 9 nitrogen and oxygen atoms in total. The number of amides is 2. The van der Waals surface area contributed by atoms with E-state index in [0.717, 1.165) is 5.56 Å². The van der Waals surface area contributed by atoms with Gasteiger partial charge in [-0.2, -0.15) is 5.26 Å². The third kappa shape index (κ3) is 5.66. The van der Waals surface area contributed by atoms with Crippen LogP contribution in [-0.4, -0.2) is 56.9 Å². The van der Waals surface area contributed by atoms with Gasteiger partial charge in [0.2, 0.25) is 15.9 Å². The van der Waals surface area contributed by atoms with Crippen LogP contribution in [-0.2, 0) is 14.8 Å². The highest BCUT2D eigenvalue weighted by Gasteiger charge is 2.34. The van der Waals surface area contributed by atoms with Crippen LogP contribution in [0.4, 0.5) is 5.69 Å². The summed E-state index contributed by atoms with van der Waals surface area (Å²) >= 11 is 0. The molecule has 2 aliphatic heterocycles. The van der Waals surface area contributed by atoms with Crippen LogP contribution in [0.2, 0.25) is 0 Å². The van der Waals surface area contributed by atoms with Crippen molar-refractivity contribution in [1.82, 2.24) is 14.9 Å². The number of sulfonamides is 1. The number of piperidine rings is 1. The Balaban J connectivity index is 1.29. The summed E-state index contributed by atoms with van der Waals surface area (Å²) < 4.78 is 29.8. The lowest BCUT2D eigenvalue weighted by Gasteiger charge is -2.33. The van der Waals surface area contributed by atoms with Crippen LogP contribution in [0.25, 0.3) is 10.8 Å². The van der Waals surface area contributed by atoms with Gasteiger partial charge < -0.3 is 15.5 Å². The van der Waals surface area contributed by atoms with Crippen LogP contribution in [0.15, 0.2) is 65.6 Å². The molecule has 0 aromatic heterocycles. The Morgan fingerprint density at radius 2 is 1.69 bits per heavy atom. The van der Waals surface area contributed by atoms with Crippen LogP contribution in [0, 0.1) is 24.2 Å². The minimum absolute atomic E-state index is 0.0246. The highest BCUT2D eigenvalue weighted by atomic mass is 32.2. The first kappa shape index (κ1) is 26.8. The van der Waals surface area contributed by atoms with E-state index in [2.05, 4.69) is 21.4 Å². The molecule has 2 fully saturated rings. The third-order valence-electron chi connectivity index (χ3n) is 7.55. The van der Waals surface area contributed by atoms with Crippen molar-refractivity contribution < 1.29 is 18.0 Å². The number of aryl methyl sites for hydroxylation is 1. The summed E-state index contributed by atoms with van der Waals surface area (Å²) in [7, 11) is -3.87. The predicted molar refractivity (Wildman–Crippen MR) is 149 cm³/mol. The molecule has 0 radical (unpaired) electrons. The van der Waals surface area contributed by atoms with Crippen molar-refractivity contribution in [2.75, 3.05) is 25.0 Å². The van der Waals surface area contributed by atoms with Gasteiger partial charge in [0, 0.05) is 47.7 Å². The fraction of sp³-hybridized carbons (Fsp3) is 0.345. The van der Waals surface area contributed by atoms with Crippen molar-refractivity contribution in [3.8, 4) is 6.07 Å². The highest BCUT2D eigenvalue weighted by Crippen LogP contribution is 2.30. The van der Waals surface area contributed by atoms with Crippen molar-refractivity contribution in [2.45, 2.75) is 43.2 Å². The van der Waals surface area contributed by atoms with Gasteiger partial charge in [-0.3, -0.25) is 9.59 Å². The van der Waals surface area contributed by atoms with Crippen molar-refractivity contribution in [3.05, 3.63) is 71.8 Å². The molecule has 0 spiro atoms. The SMILES string of the molecule is Cc1ccccc1C(=O)Nc1ccc(S(=O)(=O)NC2CCN(C(=O)[C@@H]3C[C@@H](C#N)CN3)CC2)c2ccccc12.